The molecule has 1 aliphatic rings. The van der Waals surface area contributed by atoms with Crippen molar-refractivity contribution in [2.45, 2.75) is 32.2 Å². The van der Waals surface area contributed by atoms with Gasteiger partial charge in [0.15, 0.2) is 0 Å². The Balaban J connectivity index is 1.89. The smallest absolute Gasteiger partial charge is 0.141 e. The normalized spacial score (nSPS) is 16.4. The fraction of sp³-hybridized carbons (Fsp3) is 0.600. The lowest BCUT2D eigenvalue weighted by molar-refractivity contribution is 0.271. The molecule has 1 aromatic carbocycles. The van der Waals surface area contributed by atoms with Gasteiger partial charge in [-0.2, -0.15) is 0 Å². The van der Waals surface area contributed by atoms with Gasteiger partial charge in [0.2, 0.25) is 0 Å². The van der Waals surface area contributed by atoms with Gasteiger partial charge in [0.1, 0.15) is 5.75 Å². The van der Waals surface area contributed by atoms with Crippen molar-refractivity contribution in [2.75, 3.05) is 26.4 Å². The maximum absolute atomic E-state index is 5.93. The monoisotopic (exact) mass is 248 g/mol. The van der Waals surface area contributed by atoms with Crippen LogP contribution in [0.25, 0.3) is 0 Å². The van der Waals surface area contributed by atoms with E-state index in [9.17, 15) is 0 Å². The number of anilines is 1. The quantitative estimate of drug-likeness (QED) is 0.814. The summed E-state index contributed by atoms with van der Waals surface area (Å²) in [5, 5.41) is 0. The summed E-state index contributed by atoms with van der Waals surface area (Å²) in [5.41, 5.74) is 7.91. The predicted molar refractivity (Wildman–Crippen MR) is 75.7 cm³/mol. The lowest BCUT2D eigenvalue weighted by Crippen LogP contribution is -2.24. The molecule has 3 heteroatoms. The summed E-state index contributed by atoms with van der Waals surface area (Å²) < 4.78 is 5.17. The highest BCUT2D eigenvalue weighted by atomic mass is 16.5. The molecule has 1 saturated carbocycles. The Morgan fingerprint density at radius 1 is 1.33 bits per heavy atom. The van der Waals surface area contributed by atoms with Crippen molar-refractivity contribution in [3.05, 3.63) is 23.8 Å². The molecule has 0 spiro atoms. The number of methoxy groups -OCH3 is 1. The topological polar surface area (TPSA) is 38.5 Å². The summed E-state index contributed by atoms with van der Waals surface area (Å²) in [5.74, 6) is 1.66. The van der Waals surface area contributed by atoms with Crippen molar-refractivity contribution in [2.24, 2.45) is 5.92 Å². The number of nitrogens with two attached hydrogens (primary N) is 1. The van der Waals surface area contributed by atoms with Gasteiger partial charge in [-0.3, -0.25) is 0 Å². The van der Waals surface area contributed by atoms with Gasteiger partial charge in [0, 0.05) is 13.1 Å². The first kappa shape index (κ1) is 13.2. The first-order valence-corrected chi connectivity index (χ1v) is 6.80. The van der Waals surface area contributed by atoms with Gasteiger partial charge in [-0.15, -0.1) is 0 Å². The van der Waals surface area contributed by atoms with Gasteiger partial charge in [-0.05, 0) is 43.5 Å². The van der Waals surface area contributed by atoms with Crippen LogP contribution in [0, 0.1) is 5.92 Å². The minimum atomic E-state index is 0.726. The molecular formula is C15H24N2O. The van der Waals surface area contributed by atoms with Crippen LogP contribution >= 0.6 is 0 Å². The second kappa shape index (κ2) is 6.10. The van der Waals surface area contributed by atoms with Gasteiger partial charge < -0.3 is 15.4 Å². The summed E-state index contributed by atoms with van der Waals surface area (Å²) in [6, 6.07) is 6.07. The molecule has 100 valence electrons. The van der Waals surface area contributed by atoms with Crippen LogP contribution in [0.4, 0.5) is 5.69 Å². The molecule has 0 amide bonds. The molecule has 18 heavy (non-hydrogen) atoms. The zero-order chi connectivity index (χ0) is 13.0. The molecule has 1 aliphatic carbocycles. The molecule has 0 aromatic heterocycles. The highest BCUT2D eigenvalue weighted by Gasteiger charge is 2.16. The predicted octanol–water partition coefficient (Wildman–Crippen LogP) is 2.90. The van der Waals surface area contributed by atoms with Gasteiger partial charge in [-0.1, -0.05) is 18.9 Å². The van der Waals surface area contributed by atoms with Crippen LogP contribution < -0.4 is 10.5 Å². The van der Waals surface area contributed by atoms with Crippen molar-refractivity contribution in [1.82, 2.24) is 4.90 Å². The third-order valence-corrected chi connectivity index (χ3v) is 3.79. The molecule has 0 atom stereocenters. The van der Waals surface area contributed by atoms with Crippen LogP contribution in [-0.4, -0.2) is 25.6 Å². The molecule has 1 fully saturated rings. The molecule has 0 saturated heterocycles. The van der Waals surface area contributed by atoms with E-state index < -0.39 is 0 Å². The second-order valence-corrected chi connectivity index (χ2v) is 5.42. The van der Waals surface area contributed by atoms with E-state index in [4.69, 9.17) is 10.5 Å². The molecule has 1 aromatic rings. The maximum Gasteiger partial charge on any atom is 0.141 e. The van der Waals surface area contributed by atoms with Crippen molar-refractivity contribution in [3.8, 4) is 5.75 Å². The van der Waals surface area contributed by atoms with Crippen LogP contribution in [-0.2, 0) is 6.54 Å². The van der Waals surface area contributed by atoms with E-state index in [2.05, 4.69) is 18.0 Å². The number of nitrogen functional groups attached to an aromatic ring is 1. The van der Waals surface area contributed by atoms with Crippen LogP contribution in [0.2, 0.25) is 0 Å². The summed E-state index contributed by atoms with van der Waals surface area (Å²) in [4.78, 5) is 2.40. The number of hydrogen-bond acceptors (Lipinski definition) is 3. The zero-order valence-corrected chi connectivity index (χ0v) is 11.5. The minimum absolute atomic E-state index is 0.726. The number of hydrogen-bond donors (Lipinski definition) is 1. The Kier molecular flexibility index (Phi) is 4.48. The van der Waals surface area contributed by atoms with Gasteiger partial charge >= 0.3 is 0 Å². The van der Waals surface area contributed by atoms with E-state index in [0.717, 1.165) is 23.9 Å². The lowest BCUT2D eigenvalue weighted by atomic mass is 10.1. The molecule has 3 nitrogen and oxygen atoms in total. The fourth-order valence-corrected chi connectivity index (χ4v) is 2.89. The van der Waals surface area contributed by atoms with Crippen molar-refractivity contribution in [3.63, 3.8) is 0 Å². The summed E-state index contributed by atoms with van der Waals surface area (Å²) in [7, 11) is 3.84. The van der Waals surface area contributed by atoms with E-state index in [1.54, 1.807) is 7.11 Å². The molecule has 2 rings (SSSR count). The highest BCUT2D eigenvalue weighted by Crippen LogP contribution is 2.26. The Hall–Kier alpha value is -1.22. The van der Waals surface area contributed by atoms with E-state index in [0.29, 0.717) is 0 Å². The SMILES string of the molecule is COc1ccc(CN(C)CC2CCCC2)cc1N. The molecular weight excluding hydrogens is 224 g/mol. The average molecular weight is 248 g/mol. The third-order valence-electron chi connectivity index (χ3n) is 3.79. The van der Waals surface area contributed by atoms with Gasteiger partial charge in [-0.25, -0.2) is 0 Å². The molecule has 0 unspecified atom stereocenters. The van der Waals surface area contributed by atoms with Crippen LogP contribution in [0.15, 0.2) is 18.2 Å². The first-order chi connectivity index (χ1) is 8.69. The molecule has 0 radical (unpaired) electrons. The van der Waals surface area contributed by atoms with Crippen LogP contribution in [0.5, 0.6) is 5.75 Å². The van der Waals surface area contributed by atoms with E-state index >= 15 is 0 Å². The summed E-state index contributed by atoms with van der Waals surface area (Å²) >= 11 is 0. The van der Waals surface area contributed by atoms with E-state index in [-0.39, 0.29) is 0 Å². The third kappa shape index (κ3) is 3.39. The van der Waals surface area contributed by atoms with Crippen molar-refractivity contribution >= 4 is 5.69 Å². The largest absolute Gasteiger partial charge is 0.495 e. The first-order valence-electron chi connectivity index (χ1n) is 6.80. The molecule has 2 N–H and O–H groups in total. The molecule has 0 aliphatic heterocycles. The van der Waals surface area contributed by atoms with Crippen molar-refractivity contribution < 1.29 is 4.74 Å². The standard InChI is InChI=1S/C15H24N2O/c1-17(10-12-5-3-4-6-12)11-13-7-8-15(18-2)14(16)9-13/h7-9,12H,3-6,10-11,16H2,1-2H3. The Bertz CT molecular complexity index is 386. The summed E-state index contributed by atoms with van der Waals surface area (Å²) in [6.07, 6.45) is 5.62. The fourth-order valence-electron chi connectivity index (χ4n) is 2.89. The average Bonchev–Trinajstić information content (AvgIpc) is 2.82. The molecule has 0 bridgehead atoms. The van der Waals surface area contributed by atoms with Crippen LogP contribution in [0.1, 0.15) is 31.2 Å². The Labute approximate surface area is 110 Å². The number of ether oxygens (including phenoxy) is 1. The summed E-state index contributed by atoms with van der Waals surface area (Å²) in [6.45, 7) is 2.16. The van der Waals surface area contributed by atoms with Gasteiger partial charge in [0.05, 0.1) is 12.8 Å². The van der Waals surface area contributed by atoms with Crippen LogP contribution in [0.3, 0.4) is 0 Å². The number of rotatable bonds is 5. The Morgan fingerprint density at radius 2 is 2.06 bits per heavy atom. The number of nitrogens with zero attached hydrogens (tertiary/aromatic N) is 1. The minimum Gasteiger partial charge on any atom is -0.495 e. The maximum atomic E-state index is 5.93. The van der Waals surface area contributed by atoms with Gasteiger partial charge in [0.25, 0.3) is 0 Å². The Morgan fingerprint density at radius 3 is 2.67 bits per heavy atom. The van der Waals surface area contributed by atoms with E-state index in [1.807, 2.05) is 12.1 Å². The van der Waals surface area contributed by atoms with E-state index in [1.165, 1.54) is 37.8 Å². The second-order valence-electron chi connectivity index (χ2n) is 5.42. The highest BCUT2D eigenvalue weighted by molar-refractivity contribution is 5.54. The lowest BCUT2D eigenvalue weighted by Gasteiger charge is -2.21. The number of benzene rings is 1. The van der Waals surface area contributed by atoms with Crippen molar-refractivity contribution in [1.29, 1.82) is 0 Å². The zero-order valence-electron chi connectivity index (χ0n) is 11.5. The molecule has 0 heterocycles.